The summed E-state index contributed by atoms with van der Waals surface area (Å²) in [5, 5.41) is 0. The van der Waals surface area contributed by atoms with Crippen LogP contribution >= 0.6 is 7.82 Å². The van der Waals surface area contributed by atoms with Crippen LogP contribution in [0.1, 0.15) is 123 Å². The van der Waals surface area contributed by atoms with Crippen LogP contribution in [0.2, 0.25) is 0 Å². The topological polar surface area (TPSA) is 117 Å². The summed E-state index contributed by atoms with van der Waals surface area (Å²) < 4.78 is 33.0. The summed E-state index contributed by atoms with van der Waals surface area (Å²) in [6, 6.07) is 0. The lowest BCUT2D eigenvalue weighted by Gasteiger charge is -2.20. The fourth-order valence-corrected chi connectivity index (χ4v) is 4.87. The second-order valence-corrected chi connectivity index (χ2v) is 12.1. The lowest BCUT2D eigenvalue weighted by molar-refractivity contribution is -0.154. The van der Waals surface area contributed by atoms with E-state index in [1.807, 2.05) is 0 Å². The van der Waals surface area contributed by atoms with E-state index < -0.39 is 13.9 Å². The number of phosphoric ester groups is 1. The van der Waals surface area contributed by atoms with Crippen molar-refractivity contribution < 1.29 is 32.8 Å². The van der Waals surface area contributed by atoms with Crippen molar-refractivity contribution in [1.82, 2.24) is 0 Å². The molecule has 250 valence electrons. The number of carbonyl (C=O) groups is 1. The zero-order valence-electron chi connectivity index (χ0n) is 27.2. The van der Waals surface area contributed by atoms with Crippen molar-refractivity contribution in [3.8, 4) is 0 Å². The second kappa shape index (κ2) is 31.9. The Kier molecular flexibility index (Phi) is 30.7. The number of hydrogen-bond acceptors (Lipinski definition) is 7. The highest BCUT2D eigenvalue weighted by Gasteiger charge is 2.25. The molecular weight excluding hydrogens is 565 g/mol. The van der Waals surface area contributed by atoms with Gasteiger partial charge in [-0.15, -0.1) is 0 Å². The van der Waals surface area contributed by atoms with Crippen molar-refractivity contribution in [2.75, 3.05) is 33.0 Å². The molecule has 0 aliphatic heterocycles. The highest BCUT2D eigenvalue weighted by Crippen LogP contribution is 2.43. The molecule has 0 saturated heterocycles. The Labute approximate surface area is 262 Å². The molecule has 0 heterocycles. The monoisotopic (exact) mass is 627 g/mol. The largest absolute Gasteiger partial charge is 0.472 e. The van der Waals surface area contributed by atoms with Gasteiger partial charge in [-0.3, -0.25) is 13.8 Å². The van der Waals surface area contributed by atoms with Crippen LogP contribution in [0.25, 0.3) is 0 Å². The molecule has 0 rings (SSSR count). The van der Waals surface area contributed by atoms with Gasteiger partial charge in [0, 0.05) is 19.6 Å². The quantitative estimate of drug-likeness (QED) is 0.0339. The van der Waals surface area contributed by atoms with Gasteiger partial charge in [0.25, 0.3) is 0 Å². The standard InChI is InChI=1S/C34H62NO7P/c1-3-5-7-9-11-12-13-14-15-16-17-18-19-20-21-23-25-27-34(36)42-33(32-41-43(37,38)40-30-28-35)31-39-29-26-24-22-10-8-6-4-2/h5,7,11-12,14-15,17-18,33H,3-4,6,8-10,13,16,19-32,35H2,1-2H3,(H,37,38)/b7-5-,12-11-,15-14-,18-17-. The van der Waals surface area contributed by atoms with Crippen molar-refractivity contribution in [2.45, 2.75) is 129 Å². The molecule has 2 unspecified atom stereocenters. The highest BCUT2D eigenvalue weighted by atomic mass is 31.2. The van der Waals surface area contributed by atoms with Crippen LogP contribution < -0.4 is 5.73 Å². The van der Waals surface area contributed by atoms with E-state index in [4.69, 9.17) is 24.3 Å². The minimum atomic E-state index is -4.27. The van der Waals surface area contributed by atoms with E-state index in [-0.39, 0.29) is 32.3 Å². The lowest BCUT2D eigenvalue weighted by Crippen LogP contribution is -2.28. The first-order chi connectivity index (χ1) is 20.9. The average Bonchev–Trinajstić information content (AvgIpc) is 2.99. The van der Waals surface area contributed by atoms with Gasteiger partial charge in [0.05, 0.1) is 19.8 Å². The zero-order valence-corrected chi connectivity index (χ0v) is 28.1. The maximum absolute atomic E-state index is 12.4. The Balaban J connectivity index is 4.16. The summed E-state index contributed by atoms with van der Waals surface area (Å²) in [4.78, 5) is 22.2. The van der Waals surface area contributed by atoms with Gasteiger partial charge < -0.3 is 20.1 Å². The molecule has 0 bridgehead atoms. The smallest absolute Gasteiger partial charge is 0.457 e. The fraction of sp³-hybridized carbons (Fsp3) is 0.735. The van der Waals surface area contributed by atoms with Crippen LogP contribution in [0.4, 0.5) is 0 Å². The van der Waals surface area contributed by atoms with E-state index >= 15 is 0 Å². The van der Waals surface area contributed by atoms with Crippen molar-refractivity contribution in [3.63, 3.8) is 0 Å². The highest BCUT2D eigenvalue weighted by molar-refractivity contribution is 7.47. The molecule has 43 heavy (non-hydrogen) atoms. The van der Waals surface area contributed by atoms with Crippen LogP contribution in [0.3, 0.4) is 0 Å². The molecule has 0 fully saturated rings. The minimum absolute atomic E-state index is 0.0946. The third-order valence-electron chi connectivity index (χ3n) is 6.51. The van der Waals surface area contributed by atoms with Gasteiger partial charge in [-0.25, -0.2) is 4.57 Å². The number of nitrogens with two attached hydrogens (primary N) is 1. The van der Waals surface area contributed by atoms with E-state index in [0.29, 0.717) is 13.0 Å². The molecule has 0 saturated carbocycles. The molecule has 9 heteroatoms. The minimum Gasteiger partial charge on any atom is -0.457 e. The van der Waals surface area contributed by atoms with Crippen LogP contribution in [0.5, 0.6) is 0 Å². The van der Waals surface area contributed by atoms with Crippen LogP contribution in [-0.2, 0) is 27.9 Å². The molecule has 8 nitrogen and oxygen atoms in total. The summed E-state index contributed by atoms with van der Waals surface area (Å²) in [7, 11) is -4.27. The van der Waals surface area contributed by atoms with Gasteiger partial charge in [-0.05, 0) is 51.4 Å². The summed E-state index contributed by atoms with van der Waals surface area (Å²) in [6.07, 6.45) is 34.2. The predicted octanol–water partition coefficient (Wildman–Crippen LogP) is 8.90. The number of unbranched alkanes of at least 4 members (excludes halogenated alkanes) is 10. The van der Waals surface area contributed by atoms with Crippen LogP contribution in [0.15, 0.2) is 48.6 Å². The molecular formula is C34H62NO7P. The number of ether oxygens (including phenoxy) is 2. The Morgan fingerprint density at radius 3 is 1.95 bits per heavy atom. The molecule has 2 atom stereocenters. The number of rotatable bonds is 31. The molecule has 0 aromatic carbocycles. The van der Waals surface area contributed by atoms with E-state index in [1.165, 1.54) is 32.1 Å². The van der Waals surface area contributed by atoms with Gasteiger partial charge in [0.15, 0.2) is 0 Å². The molecule has 3 N–H and O–H groups in total. The summed E-state index contributed by atoms with van der Waals surface area (Å²) in [5.41, 5.74) is 5.32. The number of phosphoric acid groups is 1. The zero-order chi connectivity index (χ0) is 31.7. The lowest BCUT2D eigenvalue weighted by atomic mass is 10.1. The second-order valence-electron chi connectivity index (χ2n) is 10.6. The Morgan fingerprint density at radius 1 is 0.721 bits per heavy atom. The van der Waals surface area contributed by atoms with Crippen molar-refractivity contribution in [1.29, 1.82) is 0 Å². The normalized spacial score (nSPS) is 14.4. The SMILES string of the molecule is CC/C=C\C/C=C\C/C=C\C/C=C\CCCCCCC(=O)OC(COCCCCCCCCC)COP(=O)(O)OCCN. The van der Waals surface area contributed by atoms with Gasteiger partial charge in [-0.2, -0.15) is 0 Å². The number of carbonyl (C=O) groups excluding carboxylic acids is 1. The summed E-state index contributed by atoms with van der Waals surface area (Å²) in [6.45, 7) is 4.71. The van der Waals surface area contributed by atoms with E-state index in [9.17, 15) is 14.3 Å². The van der Waals surface area contributed by atoms with Crippen LogP contribution in [0, 0.1) is 0 Å². The fourth-order valence-electron chi connectivity index (χ4n) is 4.10. The van der Waals surface area contributed by atoms with Gasteiger partial charge in [0.1, 0.15) is 6.10 Å². The number of hydrogen-bond donors (Lipinski definition) is 2. The Bertz CT molecular complexity index is 798. The number of allylic oxidation sites excluding steroid dienone is 8. The molecule has 0 aromatic rings. The maximum atomic E-state index is 12.4. The van der Waals surface area contributed by atoms with E-state index in [1.54, 1.807) is 0 Å². The first kappa shape index (κ1) is 41.5. The first-order valence-electron chi connectivity index (χ1n) is 16.6. The van der Waals surface area contributed by atoms with Gasteiger partial charge in [0.2, 0.25) is 0 Å². The number of esters is 1. The summed E-state index contributed by atoms with van der Waals surface area (Å²) >= 11 is 0. The third-order valence-corrected chi connectivity index (χ3v) is 7.49. The van der Waals surface area contributed by atoms with E-state index in [0.717, 1.165) is 70.6 Å². The van der Waals surface area contributed by atoms with Crippen molar-refractivity contribution >= 4 is 13.8 Å². The third kappa shape index (κ3) is 31.7. The molecule has 0 amide bonds. The Hall–Kier alpha value is -1.54. The molecule has 0 aliphatic carbocycles. The van der Waals surface area contributed by atoms with Crippen molar-refractivity contribution in [3.05, 3.63) is 48.6 Å². The molecule has 0 radical (unpaired) electrons. The van der Waals surface area contributed by atoms with Crippen molar-refractivity contribution in [2.24, 2.45) is 5.73 Å². The van der Waals surface area contributed by atoms with Crippen LogP contribution in [-0.4, -0.2) is 49.9 Å². The predicted molar refractivity (Wildman–Crippen MR) is 178 cm³/mol. The molecule has 0 spiro atoms. The van der Waals surface area contributed by atoms with E-state index in [2.05, 4.69) is 62.5 Å². The van der Waals surface area contributed by atoms with Gasteiger partial charge in [-0.1, -0.05) is 114 Å². The van der Waals surface area contributed by atoms with Gasteiger partial charge >= 0.3 is 13.8 Å². The summed E-state index contributed by atoms with van der Waals surface area (Å²) in [5.74, 6) is -0.359. The molecule has 0 aromatic heterocycles. The molecule has 0 aliphatic rings. The average molecular weight is 628 g/mol. The first-order valence-corrected chi connectivity index (χ1v) is 18.1. The maximum Gasteiger partial charge on any atom is 0.472 e. The Morgan fingerprint density at radius 2 is 1.30 bits per heavy atom.